The molecule has 0 aromatic heterocycles. The van der Waals surface area contributed by atoms with Gasteiger partial charge in [0.1, 0.15) is 0 Å². The number of aliphatic hydroxyl groups is 2. The van der Waals surface area contributed by atoms with Crippen LogP contribution in [0.2, 0.25) is 0 Å². The topological polar surface area (TPSA) is 40.5 Å². The van der Waals surface area contributed by atoms with Crippen molar-refractivity contribution in [3.63, 3.8) is 0 Å². The summed E-state index contributed by atoms with van der Waals surface area (Å²) in [4.78, 5) is 0. The molecule has 2 heteroatoms. The largest absolute Gasteiger partial charge is 0.396 e. The van der Waals surface area contributed by atoms with E-state index in [1.807, 2.05) is 0 Å². The van der Waals surface area contributed by atoms with Crippen molar-refractivity contribution < 1.29 is 10.2 Å². The number of aliphatic hydroxyl groups excluding tert-OH is 2. The summed E-state index contributed by atoms with van der Waals surface area (Å²) in [6, 6.07) is 0. The summed E-state index contributed by atoms with van der Waals surface area (Å²) in [5.74, 6) is 0. The molecule has 0 radical (unpaired) electrons. The zero-order chi connectivity index (χ0) is 8.04. The van der Waals surface area contributed by atoms with Gasteiger partial charge in [-0.05, 0) is 24.7 Å². The van der Waals surface area contributed by atoms with Gasteiger partial charge in [0.2, 0.25) is 0 Å². The smallest absolute Gasteiger partial charge is 0.0436 e. The zero-order valence-electron chi connectivity index (χ0n) is 6.93. The van der Waals surface area contributed by atoms with E-state index in [-0.39, 0.29) is 18.6 Å². The van der Waals surface area contributed by atoms with Gasteiger partial charge in [-0.25, -0.2) is 0 Å². The molecule has 0 atom stereocenters. The lowest BCUT2D eigenvalue weighted by Gasteiger charge is -2.22. The molecule has 0 fully saturated rings. The van der Waals surface area contributed by atoms with Crippen LogP contribution < -0.4 is 0 Å². The highest BCUT2D eigenvalue weighted by atomic mass is 16.3. The van der Waals surface area contributed by atoms with Gasteiger partial charge in [0.25, 0.3) is 0 Å². The predicted octanol–water partition coefficient (Wildman–Crippen LogP) is 1.17. The molecule has 2 nitrogen and oxygen atoms in total. The molecule has 0 aromatic carbocycles. The average Bonchev–Trinajstić information content (AvgIpc) is 1.84. The minimum Gasteiger partial charge on any atom is -0.396 e. The molecule has 0 aliphatic carbocycles. The van der Waals surface area contributed by atoms with Gasteiger partial charge in [-0.1, -0.05) is 13.8 Å². The van der Waals surface area contributed by atoms with Gasteiger partial charge in [0.15, 0.2) is 0 Å². The highest BCUT2D eigenvalue weighted by molar-refractivity contribution is 4.67. The third-order valence-electron chi connectivity index (χ3n) is 1.80. The first-order valence-corrected chi connectivity index (χ1v) is 3.84. The monoisotopic (exact) mass is 146 g/mol. The highest BCUT2D eigenvalue weighted by Crippen LogP contribution is 2.25. The second-order valence-corrected chi connectivity index (χ2v) is 3.46. The van der Waals surface area contributed by atoms with Gasteiger partial charge in [-0.15, -0.1) is 0 Å². The fourth-order valence-electron chi connectivity index (χ4n) is 0.985. The lowest BCUT2D eigenvalue weighted by atomic mass is 9.85. The van der Waals surface area contributed by atoms with Crippen LogP contribution in [-0.4, -0.2) is 23.4 Å². The van der Waals surface area contributed by atoms with Crippen molar-refractivity contribution in [2.75, 3.05) is 13.2 Å². The molecule has 0 heterocycles. The highest BCUT2D eigenvalue weighted by Gasteiger charge is 2.15. The van der Waals surface area contributed by atoms with E-state index < -0.39 is 0 Å². The summed E-state index contributed by atoms with van der Waals surface area (Å²) in [6.07, 6.45) is 2.66. The molecule has 0 aliphatic heterocycles. The lowest BCUT2D eigenvalue weighted by Crippen LogP contribution is -2.13. The Kier molecular flexibility index (Phi) is 4.65. The van der Waals surface area contributed by atoms with E-state index in [0.717, 1.165) is 19.3 Å². The van der Waals surface area contributed by atoms with Crippen LogP contribution in [0.4, 0.5) is 0 Å². The maximum Gasteiger partial charge on any atom is 0.0436 e. The van der Waals surface area contributed by atoms with Gasteiger partial charge in [0, 0.05) is 13.2 Å². The standard InChI is InChI=1S/C8H18O2/c1-8(2,5-7-10)4-3-6-9/h9-10H,3-7H2,1-2H3. The van der Waals surface area contributed by atoms with Crippen LogP contribution in [0.15, 0.2) is 0 Å². The second kappa shape index (κ2) is 4.69. The Labute approximate surface area is 62.9 Å². The van der Waals surface area contributed by atoms with E-state index in [0.29, 0.717) is 0 Å². The Morgan fingerprint density at radius 3 is 2.00 bits per heavy atom. The molecule has 0 amide bonds. The molecule has 0 spiro atoms. The molecular formula is C8H18O2. The lowest BCUT2D eigenvalue weighted by molar-refractivity contribution is 0.183. The maximum atomic E-state index is 8.64. The molecule has 0 aromatic rings. The first-order chi connectivity index (χ1) is 4.62. The third-order valence-corrected chi connectivity index (χ3v) is 1.80. The van der Waals surface area contributed by atoms with E-state index in [4.69, 9.17) is 10.2 Å². The van der Waals surface area contributed by atoms with Crippen LogP contribution >= 0.6 is 0 Å². The van der Waals surface area contributed by atoms with E-state index >= 15 is 0 Å². The van der Waals surface area contributed by atoms with Gasteiger partial charge in [-0.2, -0.15) is 0 Å². The summed E-state index contributed by atoms with van der Waals surface area (Å²) < 4.78 is 0. The minimum atomic E-state index is 0.192. The van der Waals surface area contributed by atoms with Gasteiger partial charge in [-0.3, -0.25) is 0 Å². The van der Waals surface area contributed by atoms with Crippen molar-refractivity contribution in [1.29, 1.82) is 0 Å². The molecule has 0 unspecified atom stereocenters. The van der Waals surface area contributed by atoms with Crippen molar-refractivity contribution in [1.82, 2.24) is 0 Å². The van der Waals surface area contributed by atoms with E-state index in [9.17, 15) is 0 Å². The summed E-state index contributed by atoms with van der Waals surface area (Å²) in [6.45, 7) is 4.73. The normalized spacial score (nSPS) is 12.0. The number of hydrogen-bond acceptors (Lipinski definition) is 2. The van der Waals surface area contributed by atoms with E-state index in [1.165, 1.54) is 0 Å². The fraction of sp³-hybridized carbons (Fsp3) is 1.00. The molecule has 0 rings (SSSR count). The molecule has 2 N–H and O–H groups in total. The summed E-state index contributed by atoms with van der Waals surface area (Å²) in [5.41, 5.74) is 0.192. The number of hydrogen-bond donors (Lipinski definition) is 2. The number of rotatable bonds is 5. The van der Waals surface area contributed by atoms with Crippen molar-refractivity contribution in [3.8, 4) is 0 Å². The van der Waals surface area contributed by atoms with Crippen LogP contribution in [0.1, 0.15) is 33.1 Å². The van der Waals surface area contributed by atoms with E-state index in [1.54, 1.807) is 0 Å². The van der Waals surface area contributed by atoms with E-state index in [2.05, 4.69) is 13.8 Å². The Morgan fingerprint density at radius 1 is 1.00 bits per heavy atom. The summed E-state index contributed by atoms with van der Waals surface area (Å²) >= 11 is 0. The first-order valence-electron chi connectivity index (χ1n) is 3.84. The molecule has 62 valence electrons. The predicted molar refractivity (Wildman–Crippen MR) is 41.8 cm³/mol. The first kappa shape index (κ1) is 9.92. The summed E-state index contributed by atoms with van der Waals surface area (Å²) in [5, 5.41) is 17.2. The SMILES string of the molecule is CC(C)(CCO)CCCO. The van der Waals surface area contributed by atoms with Crippen LogP contribution in [0.25, 0.3) is 0 Å². The van der Waals surface area contributed by atoms with Gasteiger partial charge < -0.3 is 10.2 Å². The van der Waals surface area contributed by atoms with Crippen LogP contribution in [-0.2, 0) is 0 Å². The van der Waals surface area contributed by atoms with Crippen molar-refractivity contribution >= 4 is 0 Å². The molecule has 0 saturated heterocycles. The fourth-order valence-corrected chi connectivity index (χ4v) is 0.985. The molecule has 0 saturated carbocycles. The molecule has 10 heavy (non-hydrogen) atoms. The summed E-state index contributed by atoms with van der Waals surface area (Å²) in [7, 11) is 0. The molecule has 0 aliphatic rings. The zero-order valence-corrected chi connectivity index (χ0v) is 6.93. The van der Waals surface area contributed by atoms with Gasteiger partial charge >= 0.3 is 0 Å². The second-order valence-electron chi connectivity index (χ2n) is 3.46. The Morgan fingerprint density at radius 2 is 1.60 bits per heavy atom. The maximum absolute atomic E-state index is 8.64. The quantitative estimate of drug-likeness (QED) is 0.611. The minimum absolute atomic E-state index is 0.192. The molecule has 0 bridgehead atoms. The molecular weight excluding hydrogens is 128 g/mol. The van der Waals surface area contributed by atoms with Crippen molar-refractivity contribution in [2.45, 2.75) is 33.1 Å². The average molecular weight is 146 g/mol. The van der Waals surface area contributed by atoms with Gasteiger partial charge in [0.05, 0.1) is 0 Å². The Bertz CT molecular complexity index is 79.3. The third kappa shape index (κ3) is 4.77. The Hall–Kier alpha value is -0.0800. The Balaban J connectivity index is 3.42. The van der Waals surface area contributed by atoms with Crippen LogP contribution in [0, 0.1) is 5.41 Å². The van der Waals surface area contributed by atoms with Crippen molar-refractivity contribution in [3.05, 3.63) is 0 Å². The van der Waals surface area contributed by atoms with Crippen LogP contribution in [0.3, 0.4) is 0 Å². The van der Waals surface area contributed by atoms with Crippen molar-refractivity contribution in [2.24, 2.45) is 5.41 Å². The van der Waals surface area contributed by atoms with Crippen LogP contribution in [0.5, 0.6) is 0 Å².